The highest BCUT2D eigenvalue weighted by Crippen LogP contribution is 2.28. The normalized spacial score (nSPS) is 19.6. The summed E-state index contributed by atoms with van der Waals surface area (Å²) in [7, 11) is 0. The number of nitrogens with zero attached hydrogens (tertiary/aromatic N) is 2. The van der Waals surface area contributed by atoms with E-state index in [1.807, 2.05) is 24.3 Å². The van der Waals surface area contributed by atoms with Gasteiger partial charge in [0.2, 0.25) is 0 Å². The number of carbonyl (C=O) groups excluding carboxylic acids is 1. The van der Waals surface area contributed by atoms with E-state index in [1.54, 1.807) is 4.90 Å². The molecule has 1 aliphatic heterocycles. The van der Waals surface area contributed by atoms with Crippen LogP contribution in [0.3, 0.4) is 0 Å². The van der Waals surface area contributed by atoms with Crippen molar-refractivity contribution in [1.29, 1.82) is 0 Å². The van der Waals surface area contributed by atoms with E-state index in [9.17, 15) is 4.79 Å². The fraction of sp³-hybridized carbons (Fsp3) is 0.385. The van der Waals surface area contributed by atoms with Gasteiger partial charge in [-0.3, -0.25) is 0 Å². The van der Waals surface area contributed by atoms with Gasteiger partial charge in [0, 0.05) is 11.0 Å². The first-order valence-electron chi connectivity index (χ1n) is 5.89. The maximum absolute atomic E-state index is 11.8. The Balaban J connectivity index is 2.31. The molecule has 1 unspecified atom stereocenters. The van der Waals surface area contributed by atoms with Gasteiger partial charge < -0.3 is 10.6 Å². The summed E-state index contributed by atoms with van der Waals surface area (Å²) < 4.78 is 1.00. The molecule has 1 aliphatic rings. The minimum absolute atomic E-state index is 0.229. The van der Waals surface area contributed by atoms with Crippen LogP contribution in [0.25, 0.3) is 0 Å². The molecule has 1 heterocycles. The van der Waals surface area contributed by atoms with Crippen LogP contribution in [0.15, 0.2) is 33.7 Å². The monoisotopic (exact) mass is 309 g/mol. The topological polar surface area (TPSA) is 58.7 Å². The molecule has 0 radical (unpaired) electrons. The highest BCUT2D eigenvalue weighted by molar-refractivity contribution is 9.10. The molecule has 0 aliphatic carbocycles. The van der Waals surface area contributed by atoms with Crippen LogP contribution < -0.4 is 5.73 Å². The van der Waals surface area contributed by atoms with E-state index in [2.05, 4.69) is 34.8 Å². The number of halogens is 1. The van der Waals surface area contributed by atoms with E-state index in [4.69, 9.17) is 5.73 Å². The van der Waals surface area contributed by atoms with Crippen molar-refractivity contribution in [3.8, 4) is 0 Å². The summed E-state index contributed by atoms with van der Waals surface area (Å²) in [5.41, 5.74) is 6.87. The first-order chi connectivity index (χ1) is 8.49. The molecule has 18 heavy (non-hydrogen) atoms. The molecule has 0 saturated heterocycles. The van der Waals surface area contributed by atoms with E-state index in [-0.39, 0.29) is 12.1 Å². The molecule has 0 spiro atoms. The fourth-order valence-electron chi connectivity index (χ4n) is 2.08. The molecule has 2 rings (SSSR count). The smallest absolute Gasteiger partial charge is 0.346 e. The molecule has 1 aromatic rings. The Morgan fingerprint density at radius 2 is 2.00 bits per heavy atom. The number of urea groups is 1. The number of carbonyl (C=O) groups is 1. The maximum atomic E-state index is 11.8. The van der Waals surface area contributed by atoms with E-state index < -0.39 is 0 Å². The van der Waals surface area contributed by atoms with Crippen molar-refractivity contribution >= 4 is 27.8 Å². The maximum Gasteiger partial charge on any atom is 0.346 e. The highest BCUT2D eigenvalue weighted by atomic mass is 79.9. The summed E-state index contributed by atoms with van der Waals surface area (Å²) in [6, 6.07) is 7.34. The molecular weight excluding hydrogens is 294 g/mol. The zero-order valence-corrected chi connectivity index (χ0v) is 12.0. The molecule has 2 N–H and O–H groups in total. The van der Waals surface area contributed by atoms with Gasteiger partial charge in [0.15, 0.2) is 0 Å². The summed E-state index contributed by atoms with van der Waals surface area (Å²) in [4.78, 5) is 17.4. The molecular formula is C13H16BrN3O. The standard InChI is InChI=1S/C13H16BrN3O/c1-8(2)7-17-11(12(15)16-13(17)18)9-3-5-10(14)6-4-9/h3-6,8,11H,7H2,1-2H3,(H2,15,16,18). The van der Waals surface area contributed by atoms with E-state index >= 15 is 0 Å². The van der Waals surface area contributed by atoms with E-state index in [0.29, 0.717) is 18.3 Å². The number of benzene rings is 1. The number of hydrogen-bond acceptors (Lipinski definition) is 2. The minimum Gasteiger partial charge on any atom is -0.385 e. The summed E-state index contributed by atoms with van der Waals surface area (Å²) in [6.07, 6.45) is 0. The average molecular weight is 310 g/mol. The Hall–Kier alpha value is -1.36. The van der Waals surface area contributed by atoms with Crippen LogP contribution >= 0.6 is 15.9 Å². The lowest BCUT2D eigenvalue weighted by molar-refractivity contribution is 0.199. The van der Waals surface area contributed by atoms with Crippen molar-refractivity contribution in [2.24, 2.45) is 16.6 Å². The third-order valence-electron chi connectivity index (χ3n) is 2.81. The van der Waals surface area contributed by atoms with Gasteiger partial charge >= 0.3 is 6.03 Å². The predicted octanol–water partition coefficient (Wildman–Crippen LogP) is 2.94. The van der Waals surface area contributed by atoms with Crippen LogP contribution in [0.2, 0.25) is 0 Å². The zero-order chi connectivity index (χ0) is 13.3. The lowest BCUT2D eigenvalue weighted by atomic mass is 10.0. The summed E-state index contributed by atoms with van der Waals surface area (Å²) in [5, 5.41) is 0. The molecule has 1 atom stereocenters. The van der Waals surface area contributed by atoms with Crippen LogP contribution in [0.1, 0.15) is 25.5 Å². The third kappa shape index (κ3) is 2.56. The highest BCUT2D eigenvalue weighted by Gasteiger charge is 2.34. The van der Waals surface area contributed by atoms with Gasteiger partial charge in [0.1, 0.15) is 11.9 Å². The molecule has 96 valence electrons. The van der Waals surface area contributed by atoms with Gasteiger partial charge in [-0.1, -0.05) is 41.9 Å². The molecule has 0 saturated carbocycles. The Bertz CT molecular complexity index is 482. The van der Waals surface area contributed by atoms with Gasteiger partial charge in [-0.25, -0.2) is 4.79 Å². The van der Waals surface area contributed by atoms with Crippen molar-refractivity contribution < 1.29 is 4.79 Å². The summed E-state index contributed by atoms with van der Waals surface area (Å²) >= 11 is 3.39. The van der Waals surface area contributed by atoms with Crippen LogP contribution in [-0.4, -0.2) is 23.3 Å². The van der Waals surface area contributed by atoms with Crippen LogP contribution in [-0.2, 0) is 0 Å². The molecule has 0 fully saturated rings. The number of aliphatic imine (C=N–C) groups is 1. The number of amidine groups is 1. The van der Waals surface area contributed by atoms with Gasteiger partial charge in [-0.05, 0) is 23.6 Å². The van der Waals surface area contributed by atoms with Crippen LogP contribution in [0, 0.1) is 5.92 Å². The second-order valence-corrected chi connectivity index (χ2v) is 5.74. The van der Waals surface area contributed by atoms with E-state index in [1.165, 1.54) is 0 Å². The Morgan fingerprint density at radius 3 is 2.56 bits per heavy atom. The largest absolute Gasteiger partial charge is 0.385 e. The number of amides is 2. The Labute approximate surface area is 115 Å². The lowest BCUT2D eigenvalue weighted by Crippen LogP contribution is -2.35. The molecule has 2 amide bonds. The number of nitrogens with two attached hydrogens (primary N) is 1. The molecule has 0 aromatic heterocycles. The first kappa shape index (κ1) is 13.1. The fourth-order valence-corrected chi connectivity index (χ4v) is 2.34. The zero-order valence-electron chi connectivity index (χ0n) is 10.4. The van der Waals surface area contributed by atoms with Crippen molar-refractivity contribution in [2.45, 2.75) is 19.9 Å². The first-order valence-corrected chi connectivity index (χ1v) is 6.68. The second kappa shape index (κ2) is 5.10. The van der Waals surface area contributed by atoms with Gasteiger partial charge in [-0.2, -0.15) is 4.99 Å². The summed E-state index contributed by atoms with van der Waals surface area (Å²) in [5.74, 6) is 0.760. The SMILES string of the molecule is CC(C)CN1C(=O)N=C(N)C1c1ccc(Br)cc1. The van der Waals surface area contributed by atoms with Crippen molar-refractivity contribution in [1.82, 2.24) is 4.90 Å². The molecule has 1 aromatic carbocycles. The summed E-state index contributed by atoms with van der Waals surface area (Å²) in [6.45, 7) is 4.80. The minimum atomic E-state index is -0.242. The van der Waals surface area contributed by atoms with Crippen LogP contribution in [0.4, 0.5) is 4.79 Å². The van der Waals surface area contributed by atoms with Crippen molar-refractivity contribution in [3.63, 3.8) is 0 Å². The molecule has 0 bridgehead atoms. The van der Waals surface area contributed by atoms with Gasteiger partial charge in [0.25, 0.3) is 0 Å². The molecule has 5 heteroatoms. The lowest BCUT2D eigenvalue weighted by Gasteiger charge is -2.26. The molecule has 4 nitrogen and oxygen atoms in total. The second-order valence-electron chi connectivity index (χ2n) is 4.82. The Kier molecular flexibility index (Phi) is 3.71. The van der Waals surface area contributed by atoms with Crippen LogP contribution in [0.5, 0.6) is 0 Å². The number of hydrogen-bond donors (Lipinski definition) is 1. The quantitative estimate of drug-likeness (QED) is 0.933. The van der Waals surface area contributed by atoms with Crippen molar-refractivity contribution in [3.05, 3.63) is 34.3 Å². The average Bonchev–Trinajstić information content (AvgIpc) is 2.55. The Morgan fingerprint density at radius 1 is 1.39 bits per heavy atom. The van der Waals surface area contributed by atoms with Gasteiger partial charge in [-0.15, -0.1) is 0 Å². The number of rotatable bonds is 3. The predicted molar refractivity (Wildman–Crippen MR) is 75.4 cm³/mol. The van der Waals surface area contributed by atoms with Gasteiger partial charge in [0.05, 0.1) is 0 Å². The van der Waals surface area contributed by atoms with Crippen molar-refractivity contribution in [2.75, 3.05) is 6.54 Å². The van der Waals surface area contributed by atoms with E-state index in [0.717, 1.165) is 10.0 Å². The third-order valence-corrected chi connectivity index (χ3v) is 3.34.